The van der Waals surface area contributed by atoms with Crippen LogP contribution < -0.4 is 0 Å². The summed E-state index contributed by atoms with van der Waals surface area (Å²) in [5.41, 5.74) is 2.02. The third kappa shape index (κ3) is 3.95. The van der Waals surface area contributed by atoms with Crippen LogP contribution in [0.3, 0.4) is 0 Å². The van der Waals surface area contributed by atoms with Crippen LogP contribution in [0.2, 0.25) is 0 Å². The predicted molar refractivity (Wildman–Crippen MR) is 55.2 cm³/mol. The summed E-state index contributed by atoms with van der Waals surface area (Å²) in [4.78, 5) is 8.92. The van der Waals surface area contributed by atoms with Crippen LogP contribution in [0.25, 0.3) is 0 Å². The second-order valence-corrected chi connectivity index (χ2v) is 6.08. The van der Waals surface area contributed by atoms with Gasteiger partial charge >= 0.3 is 0 Å². The van der Waals surface area contributed by atoms with Gasteiger partial charge in [-0.3, -0.25) is 4.57 Å². The van der Waals surface area contributed by atoms with E-state index in [1.54, 1.807) is 0 Å². The van der Waals surface area contributed by atoms with E-state index in [0.29, 0.717) is 0 Å². The lowest BCUT2D eigenvalue weighted by Crippen LogP contribution is -1.85. The zero-order valence-electron chi connectivity index (χ0n) is 7.40. The van der Waals surface area contributed by atoms with Crippen molar-refractivity contribution >= 4 is 18.0 Å². The Morgan fingerprint density at radius 1 is 1.31 bits per heavy atom. The highest BCUT2D eigenvalue weighted by Crippen LogP contribution is 2.49. The second-order valence-electron chi connectivity index (χ2n) is 2.94. The molecule has 0 saturated heterocycles. The Labute approximate surface area is 82.8 Å². The fourth-order valence-corrected chi connectivity index (χ4v) is 2.18. The summed E-state index contributed by atoms with van der Waals surface area (Å²) in [6, 6.07) is 7.57. The third-order valence-corrected chi connectivity index (χ3v) is 2.92. The van der Waals surface area contributed by atoms with E-state index in [1.807, 2.05) is 24.3 Å². The van der Waals surface area contributed by atoms with Gasteiger partial charge in [0.15, 0.2) is 0 Å². The van der Waals surface area contributed by atoms with Gasteiger partial charge in [-0.2, -0.15) is 0 Å². The Kier molecular flexibility index (Phi) is 3.55. The van der Waals surface area contributed by atoms with Gasteiger partial charge in [0.25, 0.3) is 6.72 Å². The van der Waals surface area contributed by atoms with Crippen LogP contribution in [0.1, 0.15) is 18.1 Å². The van der Waals surface area contributed by atoms with Crippen LogP contribution in [0.4, 0.5) is 0 Å². The van der Waals surface area contributed by atoms with Gasteiger partial charge < -0.3 is 4.89 Å². The van der Waals surface area contributed by atoms with Crippen molar-refractivity contribution in [1.29, 1.82) is 0 Å². The van der Waals surface area contributed by atoms with Crippen molar-refractivity contribution < 1.29 is 9.46 Å². The molecule has 1 aromatic rings. The fourth-order valence-electron chi connectivity index (χ4n) is 1.11. The number of halogens is 1. The van der Waals surface area contributed by atoms with Crippen molar-refractivity contribution in [3.63, 3.8) is 0 Å². The van der Waals surface area contributed by atoms with E-state index in [2.05, 4.69) is 6.92 Å². The second kappa shape index (κ2) is 4.28. The van der Waals surface area contributed by atoms with Crippen molar-refractivity contribution in [2.75, 3.05) is 0 Å². The van der Waals surface area contributed by atoms with Crippen molar-refractivity contribution in [3.8, 4) is 0 Å². The number of hydrogen-bond donors (Lipinski definition) is 1. The molecule has 4 heteroatoms. The molecule has 1 rings (SSSR count). The van der Waals surface area contributed by atoms with Gasteiger partial charge in [-0.15, -0.1) is 0 Å². The van der Waals surface area contributed by atoms with Crippen molar-refractivity contribution in [3.05, 3.63) is 35.4 Å². The van der Waals surface area contributed by atoms with Crippen LogP contribution in [-0.4, -0.2) is 4.89 Å². The third-order valence-electron chi connectivity index (χ3n) is 1.81. The highest BCUT2D eigenvalue weighted by atomic mass is 35.7. The predicted octanol–water partition coefficient (Wildman–Crippen LogP) is 3.17. The molecular weight excluding hydrogens is 207 g/mol. The zero-order chi connectivity index (χ0) is 9.90. The molecule has 1 unspecified atom stereocenters. The molecule has 0 aliphatic heterocycles. The van der Waals surface area contributed by atoms with Crippen molar-refractivity contribution in [1.82, 2.24) is 0 Å². The minimum atomic E-state index is -3.44. The number of hydrogen-bond acceptors (Lipinski definition) is 1. The number of rotatable bonds is 3. The van der Waals surface area contributed by atoms with Crippen molar-refractivity contribution in [2.45, 2.75) is 19.5 Å². The van der Waals surface area contributed by atoms with Gasteiger partial charge in [-0.05, 0) is 28.8 Å². The lowest BCUT2D eigenvalue weighted by Gasteiger charge is -2.03. The summed E-state index contributed by atoms with van der Waals surface area (Å²) < 4.78 is 10.9. The van der Waals surface area contributed by atoms with Gasteiger partial charge in [0, 0.05) is 0 Å². The Bertz CT molecular complexity index is 315. The van der Waals surface area contributed by atoms with Crippen molar-refractivity contribution in [2.24, 2.45) is 0 Å². The maximum atomic E-state index is 10.9. The molecule has 1 atom stereocenters. The Morgan fingerprint density at radius 3 is 2.15 bits per heavy atom. The molecule has 0 spiro atoms. The van der Waals surface area contributed by atoms with E-state index in [1.165, 1.54) is 5.56 Å². The summed E-state index contributed by atoms with van der Waals surface area (Å²) in [6.45, 7) is -1.38. The van der Waals surface area contributed by atoms with Gasteiger partial charge in [0.2, 0.25) is 0 Å². The standard InChI is InChI=1S/C9H12ClO2P/c1-2-8-3-5-9(6-4-8)7-13(10,11)12/h3-6H,2,7H2,1H3,(H,11,12). The molecule has 2 nitrogen and oxygen atoms in total. The molecule has 0 aliphatic carbocycles. The summed E-state index contributed by atoms with van der Waals surface area (Å²) >= 11 is 5.25. The Hall–Kier alpha value is -0.300. The molecule has 0 aliphatic rings. The highest BCUT2D eigenvalue weighted by molar-refractivity contribution is 7.83. The number of benzene rings is 1. The maximum absolute atomic E-state index is 10.9. The van der Waals surface area contributed by atoms with Gasteiger partial charge in [-0.1, -0.05) is 31.2 Å². The minimum Gasteiger partial charge on any atom is -0.333 e. The first-order chi connectivity index (χ1) is 6.01. The minimum absolute atomic E-state index is 0.0402. The molecule has 72 valence electrons. The van der Waals surface area contributed by atoms with E-state index in [0.717, 1.165) is 12.0 Å². The smallest absolute Gasteiger partial charge is 0.291 e. The topological polar surface area (TPSA) is 37.3 Å². The van der Waals surface area contributed by atoms with Crippen LogP contribution in [0, 0.1) is 0 Å². The van der Waals surface area contributed by atoms with Gasteiger partial charge in [0.1, 0.15) is 0 Å². The normalized spacial score (nSPS) is 15.3. The molecule has 0 amide bonds. The van der Waals surface area contributed by atoms with Gasteiger partial charge in [0.05, 0.1) is 6.16 Å². The Morgan fingerprint density at radius 2 is 1.77 bits per heavy atom. The van der Waals surface area contributed by atoms with E-state index >= 15 is 0 Å². The molecule has 0 saturated carbocycles. The molecular formula is C9H12ClO2P. The molecule has 0 heterocycles. The molecule has 0 fully saturated rings. The SMILES string of the molecule is CCc1ccc(CP(=O)(O)Cl)cc1. The van der Waals surface area contributed by atoms with Gasteiger partial charge in [-0.25, -0.2) is 0 Å². The molecule has 13 heavy (non-hydrogen) atoms. The summed E-state index contributed by atoms with van der Waals surface area (Å²) in [6.07, 6.45) is 1.01. The summed E-state index contributed by atoms with van der Waals surface area (Å²) in [5.74, 6) is 0. The average molecular weight is 219 g/mol. The van der Waals surface area contributed by atoms with E-state index < -0.39 is 6.72 Å². The van der Waals surface area contributed by atoms with Crippen LogP contribution in [0.5, 0.6) is 0 Å². The summed E-state index contributed by atoms with van der Waals surface area (Å²) in [5, 5.41) is 0. The zero-order valence-corrected chi connectivity index (χ0v) is 9.05. The number of aryl methyl sites for hydroxylation is 1. The largest absolute Gasteiger partial charge is 0.333 e. The van der Waals surface area contributed by atoms with Crippen LogP contribution in [0.15, 0.2) is 24.3 Å². The van der Waals surface area contributed by atoms with E-state index in [9.17, 15) is 4.57 Å². The quantitative estimate of drug-likeness (QED) is 0.792. The first-order valence-corrected chi connectivity index (χ1v) is 6.85. The Balaban J connectivity index is 2.76. The molecule has 0 radical (unpaired) electrons. The average Bonchev–Trinajstić information content (AvgIpc) is 2.03. The first-order valence-electron chi connectivity index (χ1n) is 4.10. The van der Waals surface area contributed by atoms with E-state index in [4.69, 9.17) is 16.1 Å². The highest BCUT2D eigenvalue weighted by Gasteiger charge is 2.13. The molecule has 0 aromatic heterocycles. The maximum Gasteiger partial charge on any atom is 0.291 e. The lowest BCUT2D eigenvalue weighted by atomic mass is 10.1. The van der Waals surface area contributed by atoms with Crippen LogP contribution in [-0.2, 0) is 17.1 Å². The van der Waals surface area contributed by atoms with E-state index in [-0.39, 0.29) is 6.16 Å². The van der Waals surface area contributed by atoms with Crippen LogP contribution >= 0.6 is 18.0 Å². The molecule has 1 N–H and O–H groups in total. The first kappa shape index (κ1) is 10.8. The fraction of sp³-hybridized carbons (Fsp3) is 0.333. The molecule has 0 bridgehead atoms. The monoisotopic (exact) mass is 218 g/mol. The molecule has 1 aromatic carbocycles. The lowest BCUT2D eigenvalue weighted by molar-refractivity contribution is 0.495. The summed E-state index contributed by atoms with van der Waals surface area (Å²) in [7, 11) is 0.